The third-order valence-corrected chi connectivity index (χ3v) is 5.35. The minimum Gasteiger partial charge on any atom is -0.292 e. The molecule has 1 aliphatic carbocycles. The van der Waals surface area contributed by atoms with Crippen molar-refractivity contribution >= 4 is 29.2 Å². The van der Waals surface area contributed by atoms with Crippen molar-refractivity contribution in [1.82, 2.24) is 5.32 Å². The highest BCUT2D eigenvalue weighted by Crippen LogP contribution is 2.25. The zero-order valence-corrected chi connectivity index (χ0v) is 16.5. The molecule has 4 amide bonds. The van der Waals surface area contributed by atoms with E-state index >= 15 is 0 Å². The van der Waals surface area contributed by atoms with Crippen LogP contribution in [-0.4, -0.2) is 30.1 Å². The van der Waals surface area contributed by atoms with E-state index in [-0.39, 0.29) is 0 Å². The normalized spacial score (nSPS) is 20.9. The molecule has 1 aromatic carbocycles. The predicted octanol–water partition coefficient (Wildman–Crippen LogP) is 3.94. The number of aliphatic imine (C=N–C) groups is 1. The van der Waals surface area contributed by atoms with E-state index in [4.69, 9.17) is 0 Å². The Kier molecular flexibility index (Phi) is 6.39. The fourth-order valence-electron chi connectivity index (χ4n) is 3.79. The first-order chi connectivity index (χ1) is 13.5. The maximum atomic E-state index is 13.1. The lowest BCUT2D eigenvalue weighted by atomic mass is 9.95. The molecule has 2 aliphatic rings. The van der Waals surface area contributed by atoms with Crippen LogP contribution in [0.5, 0.6) is 0 Å². The summed E-state index contributed by atoms with van der Waals surface area (Å²) < 4.78 is 0. The Morgan fingerprint density at radius 3 is 2.68 bits per heavy atom. The Morgan fingerprint density at radius 1 is 1.21 bits per heavy atom. The second-order valence-corrected chi connectivity index (χ2v) is 7.27. The minimum absolute atomic E-state index is 0.485. The number of allylic oxidation sites excluding steroid dienone is 1. The Morgan fingerprint density at radius 2 is 2.00 bits per heavy atom. The fourth-order valence-corrected chi connectivity index (χ4v) is 3.79. The molecule has 6 nitrogen and oxygen atoms in total. The van der Waals surface area contributed by atoms with Crippen LogP contribution in [0.4, 0.5) is 10.5 Å². The lowest BCUT2D eigenvalue weighted by Crippen LogP contribution is -2.60. The summed E-state index contributed by atoms with van der Waals surface area (Å²) in [5.41, 5.74) is 3.22. The van der Waals surface area contributed by atoms with Crippen molar-refractivity contribution in [3.05, 3.63) is 41.5 Å². The highest BCUT2D eigenvalue weighted by Gasteiger charge is 2.43. The van der Waals surface area contributed by atoms with Gasteiger partial charge in [0.25, 0.3) is 5.91 Å². The highest BCUT2D eigenvalue weighted by molar-refractivity contribution is 6.35. The number of barbiturate groups is 1. The van der Waals surface area contributed by atoms with E-state index in [1.54, 1.807) is 12.1 Å². The van der Waals surface area contributed by atoms with E-state index in [0.717, 1.165) is 29.7 Å². The highest BCUT2D eigenvalue weighted by atomic mass is 16.2. The van der Waals surface area contributed by atoms with Crippen LogP contribution < -0.4 is 10.2 Å². The number of nitrogens with one attached hydrogen (secondary N) is 1. The number of aryl methyl sites for hydroxylation is 1. The molecule has 1 fully saturated rings. The number of hydrogen-bond donors (Lipinski definition) is 1. The molecular weight excluding hydrogens is 354 g/mol. The third kappa shape index (κ3) is 4.21. The molecule has 1 saturated heterocycles. The molecule has 1 aromatic rings. The van der Waals surface area contributed by atoms with E-state index in [0.29, 0.717) is 24.4 Å². The predicted molar refractivity (Wildman–Crippen MR) is 109 cm³/mol. The summed E-state index contributed by atoms with van der Waals surface area (Å²) in [7, 11) is 0. The van der Waals surface area contributed by atoms with Gasteiger partial charge in [-0.1, -0.05) is 36.8 Å². The number of imide groups is 2. The van der Waals surface area contributed by atoms with Gasteiger partial charge in [0, 0.05) is 12.3 Å². The molecule has 0 bridgehead atoms. The summed E-state index contributed by atoms with van der Waals surface area (Å²) in [6.07, 6.45) is 8.30. The number of carbonyl (C=O) groups is 3. The zero-order valence-electron chi connectivity index (χ0n) is 16.5. The number of urea groups is 1. The van der Waals surface area contributed by atoms with Crippen molar-refractivity contribution in [1.29, 1.82) is 0 Å². The number of amides is 4. The topological polar surface area (TPSA) is 78.8 Å². The van der Waals surface area contributed by atoms with Gasteiger partial charge >= 0.3 is 6.03 Å². The monoisotopic (exact) mass is 381 g/mol. The summed E-state index contributed by atoms with van der Waals surface area (Å²) in [6, 6.07) is 6.43. The molecular formula is C22H27N3O3. The SMILES string of the molecule is CCC(=NCCC1=CCCCC1)C1C(=O)NC(=O)N(c2ccccc2C)C1=O. The van der Waals surface area contributed by atoms with Gasteiger partial charge in [-0.25, -0.2) is 9.69 Å². The summed E-state index contributed by atoms with van der Waals surface area (Å²) in [5, 5.41) is 2.33. The van der Waals surface area contributed by atoms with E-state index in [9.17, 15) is 14.4 Å². The van der Waals surface area contributed by atoms with Crippen LogP contribution in [-0.2, 0) is 9.59 Å². The van der Waals surface area contributed by atoms with Crippen LogP contribution >= 0.6 is 0 Å². The Balaban J connectivity index is 1.81. The molecule has 1 heterocycles. The lowest BCUT2D eigenvalue weighted by molar-refractivity contribution is -0.131. The largest absolute Gasteiger partial charge is 0.335 e. The Labute approximate surface area is 165 Å². The number of hydrogen-bond acceptors (Lipinski definition) is 4. The van der Waals surface area contributed by atoms with E-state index < -0.39 is 23.8 Å². The van der Waals surface area contributed by atoms with Crippen LogP contribution in [0, 0.1) is 12.8 Å². The van der Waals surface area contributed by atoms with Gasteiger partial charge in [-0.3, -0.25) is 19.9 Å². The van der Waals surface area contributed by atoms with Crippen molar-refractivity contribution in [3.8, 4) is 0 Å². The number of benzene rings is 1. The van der Waals surface area contributed by atoms with Gasteiger partial charge < -0.3 is 0 Å². The lowest BCUT2D eigenvalue weighted by Gasteiger charge is -2.31. The van der Waals surface area contributed by atoms with Gasteiger partial charge in [-0.2, -0.15) is 0 Å². The quantitative estimate of drug-likeness (QED) is 0.461. The van der Waals surface area contributed by atoms with Gasteiger partial charge in [-0.05, 0) is 57.1 Å². The minimum atomic E-state index is -1.05. The van der Waals surface area contributed by atoms with Crippen molar-refractivity contribution in [2.75, 3.05) is 11.4 Å². The maximum absolute atomic E-state index is 13.1. The second kappa shape index (κ2) is 8.95. The van der Waals surface area contributed by atoms with Gasteiger partial charge in [0.05, 0.1) is 5.69 Å². The second-order valence-electron chi connectivity index (χ2n) is 7.27. The molecule has 1 aliphatic heterocycles. The number of nitrogens with zero attached hydrogens (tertiary/aromatic N) is 2. The standard InChI is InChI=1S/C22H27N3O3/c1-3-17(23-14-13-16-10-5-4-6-11-16)19-20(26)24-22(28)25(21(19)27)18-12-8-7-9-15(18)2/h7-10,12,19H,3-6,11,13-14H2,1-2H3,(H,24,26,28). The molecule has 28 heavy (non-hydrogen) atoms. The smallest absolute Gasteiger partial charge is 0.292 e. The number of para-hydroxylation sites is 1. The van der Waals surface area contributed by atoms with Gasteiger partial charge in [0.15, 0.2) is 5.92 Å². The summed E-state index contributed by atoms with van der Waals surface area (Å²) in [4.78, 5) is 43.6. The van der Waals surface area contributed by atoms with Crippen LogP contribution in [0.1, 0.15) is 51.0 Å². The summed E-state index contributed by atoms with van der Waals surface area (Å²) in [6.45, 7) is 4.27. The molecule has 3 rings (SSSR count). The zero-order chi connectivity index (χ0) is 20.1. The molecule has 0 saturated carbocycles. The molecule has 6 heteroatoms. The third-order valence-electron chi connectivity index (χ3n) is 5.35. The fraction of sp³-hybridized carbons (Fsp3) is 0.455. The van der Waals surface area contributed by atoms with Crippen LogP contribution in [0.2, 0.25) is 0 Å². The van der Waals surface area contributed by atoms with E-state index in [1.165, 1.54) is 18.4 Å². The maximum Gasteiger partial charge on any atom is 0.335 e. The van der Waals surface area contributed by atoms with E-state index in [1.807, 2.05) is 26.0 Å². The Bertz CT molecular complexity index is 841. The first-order valence-corrected chi connectivity index (χ1v) is 9.98. The van der Waals surface area contributed by atoms with Crippen molar-refractivity contribution in [2.45, 2.75) is 52.4 Å². The molecule has 1 N–H and O–H groups in total. The van der Waals surface area contributed by atoms with E-state index in [2.05, 4.69) is 16.4 Å². The molecule has 1 atom stereocenters. The van der Waals surface area contributed by atoms with Gasteiger partial charge in [-0.15, -0.1) is 0 Å². The molecule has 0 spiro atoms. The van der Waals surface area contributed by atoms with Crippen LogP contribution in [0.25, 0.3) is 0 Å². The molecule has 0 radical (unpaired) electrons. The number of rotatable bonds is 6. The number of carbonyl (C=O) groups excluding carboxylic acids is 3. The van der Waals surface area contributed by atoms with Gasteiger partial charge in [0.1, 0.15) is 0 Å². The van der Waals surface area contributed by atoms with Gasteiger partial charge in [0.2, 0.25) is 5.91 Å². The number of anilines is 1. The summed E-state index contributed by atoms with van der Waals surface area (Å²) >= 11 is 0. The van der Waals surface area contributed by atoms with Crippen LogP contribution in [0.15, 0.2) is 40.9 Å². The molecule has 1 unspecified atom stereocenters. The summed E-state index contributed by atoms with van der Waals surface area (Å²) in [5.74, 6) is -2.17. The molecule has 148 valence electrons. The first kappa shape index (κ1) is 20.0. The van der Waals surface area contributed by atoms with Crippen LogP contribution in [0.3, 0.4) is 0 Å². The Hall–Kier alpha value is -2.76. The van der Waals surface area contributed by atoms with Crippen molar-refractivity contribution < 1.29 is 14.4 Å². The average molecular weight is 381 g/mol. The van der Waals surface area contributed by atoms with Crippen molar-refractivity contribution in [3.63, 3.8) is 0 Å². The first-order valence-electron chi connectivity index (χ1n) is 9.98. The van der Waals surface area contributed by atoms with Crippen molar-refractivity contribution in [2.24, 2.45) is 10.9 Å². The molecule has 0 aromatic heterocycles. The average Bonchev–Trinajstić information content (AvgIpc) is 2.68.